The molecule has 1 aliphatic heterocycles. The number of hydrogen-bond donors (Lipinski definition) is 2. The average molecular weight is 434 g/mol. The molecule has 0 aromatic heterocycles. The molecule has 6 nitrogen and oxygen atoms in total. The van der Waals surface area contributed by atoms with E-state index in [0.717, 1.165) is 42.6 Å². The number of sulfonamides is 1. The molecule has 1 heterocycles. The van der Waals surface area contributed by atoms with Crippen LogP contribution in [-0.2, 0) is 10.0 Å². The van der Waals surface area contributed by atoms with Crippen molar-refractivity contribution in [3.8, 4) is 5.75 Å². The van der Waals surface area contributed by atoms with Gasteiger partial charge in [-0.15, -0.1) is 12.4 Å². The van der Waals surface area contributed by atoms with E-state index in [9.17, 15) is 8.42 Å². The van der Waals surface area contributed by atoms with Crippen LogP contribution in [0.15, 0.2) is 65.6 Å². The molecule has 0 spiro atoms. The van der Waals surface area contributed by atoms with Gasteiger partial charge in [0.15, 0.2) is 0 Å². The molecule has 8 heteroatoms. The van der Waals surface area contributed by atoms with Crippen molar-refractivity contribution in [2.45, 2.75) is 4.90 Å². The van der Waals surface area contributed by atoms with Gasteiger partial charge in [-0.2, -0.15) is 0 Å². The molecule has 0 atom stereocenters. The van der Waals surface area contributed by atoms with Gasteiger partial charge in [-0.3, -0.25) is 4.72 Å². The minimum Gasteiger partial charge on any atom is -0.497 e. The maximum Gasteiger partial charge on any atom is 0.261 e. The second-order valence-corrected chi connectivity index (χ2v) is 8.38. The standard InChI is InChI=1S/C21H23N3O3S.ClH/c1-27-16-6-8-17(9-7-16)28(25,26)23-20-10-11-21(24-14-12-22-13-15-24)19-5-3-2-4-18(19)20;/h2-11,22-23H,12-15H2,1H3;1H. The third-order valence-electron chi connectivity index (χ3n) is 4.97. The molecule has 0 saturated carbocycles. The van der Waals surface area contributed by atoms with E-state index in [2.05, 4.69) is 14.9 Å². The molecule has 0 amide bonds. The third-order valence-corrected chi connectivity index (χ3v) is 6.35. The Bertz CT molecular complexity index is 1080. The molecule has 4 rings (SSSR count). The number of ether oxygens (including phenoxy) is 1. The van der Waals surface area contributed by atoms with Gasteiger partial charge < -0.3 is 15.0 Å². The van der Waals surface area contributed by atoms with Crippen LogP contribution in [0.4, 0.5) is 11.4 Å². The number of fused-ring (bicyclic) bond motifs is 1. The molecular formula is C21H24ClN3O3S. The van der Waals surface area contributed by atoms with E-state index in [1.165, 1.54) is 0 Å². The Balaban J connectivity index is 0.00000240. The fourth-order valence-electron chi connectivity index (χ4n) is 3.51. The van der Waals surface area contributed by atoms with E-state index in [4.69, 9.17) is 4.74 Å². The van der Waals surface area contributed by atoms with Crippen molar-refractivity contribution in [2.24, 2.45) is 0 Å². The summed E-state index contributed by atoms with van der Waals surface area (Å²) in [6, 6.07) is 18.1. The second kappa shape index (κ2) is 8.90. The molecule has 154 valence electrons. The number of nitrogens with one attached hydrogen (secondary N) is 2. The topological polar surface area (TPSA) is 70.7 Å². The van der Waals surface area contributed by atoms with Crippen LogP contribution >= 0.6 is 12.4 Å². The van der Waals surface area contributed by atoms with E-state index in [1.54, 1.807) is 31.4 Å². The Hall–Kier alpha value is -2.48. The Morgan fingerprint density at radius 3 is 2.24 bits per heavy atom. The van der Waals surface area contributed by atoms with Crippen molar-refractivity contribution in [2.75, 3.05) is 42.9 Å². The summed E-state index contributed by atoms with van der Waals surface area (Å²) < 4.78 is 33.6. The van der Waals surface area contributed by atoms with E-state index < -0.39 is 10.0 Å². The van der Waals surface area contributed by atoms with Crippen molar-refractivity contribution in [1.82, 2.24) is 5.32 Å². The number of piperazine rings is 1. The number of rotatable bonds is 5. The number of halogens is 1. The zero-order valence-electron chi connectivity index (χ0n) is 16.1. The Morgan fingerprint density at radius 1 is 0.931 bits per heavy atom. The summed E-state index contributed by atoms with van der Waals surface area (Å²) in [5.41, 5.74) is 1.70. The van der Waals surface area contributed by atoms with Crippen LogP contribution in [0.3, 0.4) is 0 Å². The third kappa shape index (κ3) is 4.42. The first-order chi connectivity index (χ1) is 13.6. The van der Waals surface area contributed by atoms with Gasteiger partial charge >= 0.3 is 0 Å². The van der Waals surface area contributed by atoms with Gasteiger partial charge in [0.2, 0.25) is 0 Å². The maximum absolute atomic E-state index is 12.9. The van der Waals surface area contributed by atoms with Crippen LogP contribution in [0.2, 0.25) is 0 Å². The fourth-order valence-corrected chi connectivity index (χ4v) is 4.59. The zero-order valence-corrected chi connectivity index (χ0v) is 17.7. The molecular weight excluding hydrogens is 410 g/mol. The molecule has 0 aliphatic carbocycles. The van der Waals surface area contributed by atoms with Gasteiger partial charge in [-0.1, -0.05) is 24.3 Å². The summed E-state index contributed by atoms with van der Waals surface area (Å²) in [7, 11) is -2.15. The quantitative estimate of drug-likeness (QED) is 0.644. The number of anilines is 2. The minimum absolute atomic E-state index is 0. The highest BCUT2D eigenvalue weighted by atomic mass is 35.5. The summed E-state index contributed by atoms with van der Waals surface area (Å²) in [5, 5.41) is 5.28. The lowest BCUT2D eigenvalue weighted by Crippen LogP contribution is -2.43. The normalized spacial score (nSPS) is 14.3. The smallest absolute Gasteiger partial charge is 0.261 e. The molecule has 29 heavy (non-hydrogen) atoms. The summed E-state index contributed by atoms with van der Waals surface area (Å²) >= 11 is 0. The first-order valence-corrected chi connectivity index (χ1v) is 10.7. The Labute approximate surface area is 177 Å². The lowest BCUT2D eigenvalue weighted by atomic mass is 10.1. The molecule has 3 aromatic rings. The van der Waals surface area contributed by atoms with Gasteiger partial charge in [0.05, 0.1) is 17.7 Å². The van der Waals surface area contributed by atoms with Gasteiger partial charge in [-0.05, 0) is 36.4 Å². The molecule has 3 aromatic carbocycles. The molecule has 0 bridgehead atoms. The summed E-state index contributed by atoms with van der Waals surface area (Å²) in [6.45, 7) is 3.75. The lowest BCUT2D eigenvalue weighted by molar-refractivity contribution is 0.414. The first kappa shape index (κ1) is 21.2. The fraction of sp³-hybridized carbons (Fsp3) is 0.238. The highest BCUT2D eigenvalue weighted by Gasteiger charge is 2.18. The molecule has 2 N–H and O–H groups in total. The zero-order chi connectivity index (χ0) is 19.6. The number of nitrogens with zero attached hydrogens (tertiary/aromatic N) is 1. The highest BCUT2D eigenvalue weighted by molar-refractivity contribution is 7.92. The van der Waals surface area contributed by atoms with Gasteiger partial charge in [0.25, 0.3) is 10.0 Å². The minimum atomic E-state index is -3.70. The van der Waals surface area contributed by atoms with E-state index in [0.29, 0.717) is 11.4 Å². The van der Waals surface area contributed by atoms with Crippen LogP contribution in [0.5, 0.6) is 5.75 Å². The van der Waals surface area contributed by atoms with Gasteiger partial charge in [0, 0.05) is 42.6 Å². The van der Waals surface area contributed by atoms with Crippen molar-refractivity contribution < 1.29 is 13.2 Å². The Morgan fingerprint density at radius 2 is 1.59 bits per heavy atom. The van der Waals surface area contributed by atoms with E-state index in [-0.39, 0.29) is 17.3 Å². The predicted molar refractivity (Wildman–Crippen MR) is 120 cm³/mol. The number of benzene rings is 3. The van der Waals surface area contributed by atoms with Crippen molar-refractivity contribution in [1.29, 1.82) is 0 Å². The molecule has 1 saturated heterocycles. The molecule has 0 unspecified atom stereocenters. The monoisotopic (exact) mass is 433 g/mol. The Kier molecular flexibility index (Phi) is 6.52. The number of hydrogen-bond acceptors (Lipinski definition) is 5. The summed E-state index contributed by atoms with van der Waals surface area (Å²) in [5.74, 6) is 0.616. The van der Waals surface area contributed by atoms with Crippen LogP contribution in [0.1, 0.15) is 0 Å². The van der Waals surface area contributed by atoms with Gasteiger partial charge in [-0.25, -0.2) is 8.42 Å². The molecule has 1 aliphatic rings. The SMILES string of the molecule is COc1ccc(S(=O)(=O)Nc2ccc(N3CCNCC3)c3ccccc23)cc1.Cl. The first-order valence-electron chi connectivity index (χ1n) is 9.23. The average Bonchev–Trinajstić information content (AvgIpc) is 2.74. The van der Waals surface area contributed by atoms with Crippen LogP contribution in [0, 0.1) is 0 Å². The van der Waals surface area contributed by atoms with Crippen molar-refractivity contribution in [3.05, 3.63) is 60.7 Å². The maximum atomic E-state index is 12.9. The van der Waals surface area contributed by atoms with E-state index >= 15 is 0 Å². The highest BCUT2D eigenvalue weighted by Crippen LogP contribution is 2.33. The van der Waals surface area contributed by atoms with Crippen molar-refractivity contribution >= 4 is 44.6 Å². The predicted octanol–water partition coefficient (Wildman–Crippen LogP) is 3.48. The van der Waals surface area contributed by atoms with E-state index in [1.807, 2.05) is 36.4 Å². The van der Waals surface area contributed by atoms with Crippen molar-refractivity contribution in [3.63, 3.8) is 0 Å². The molecule has 1 fully saturated rings. The summed E-state index contributed by atoms with van der Waals surface area (Å²) in [6.07, 6.45) is 0. The number of methoxy groups -OCH3 is 1. The largest absolute Gasteiger partial charge is 0.497 e. The van der Waals surface area contributed by atoms with Crippen LogP contribution in [-0.4, -0.2) is 41.7 Å². The second-order valence-electron chi connectivity index (χ2n) is 6.70. The summed E-state index contributed by atoms with van der Waals surface area (Å²) in [4.78, 5) is 2.53. The molecule has 0 radical (unpaired) electrons. The van der Waals surface area contributed by atoms with Gasteiger partial charge in [0.1, 0.15) is 5.75 Å². The lowest BCUT2D eigenvalue weighted by Gasteiger charge is -2.30. The van der Waals surface area contributed by atoms with Crippen LogP contribution < -0.4 is 19.7 Å². The van der Waals surface area contributed by atoms with Crippen LogP contribution in [0.25, 0.3) is 10.8 Å².